The molecule has 7 nitrogen and oxygen atoms in total. The van der Waals surface area contributed by atoms with Crippen LogP contribution in [0.3, 0.4) is 0 Å². The van der Waals surface area contributed by atoms with Crippen LogP contribution in [-0.2, 0) is 16.0 Å². The quantitative estimate of drug-likeness (QED) is 0.577. The Balaban J connectivity index is 1.43. The first kappa shape index (κ1) is 20.5. The lowest BCUT2D eigenvalue weighted by Gasteiger charge is -2.26. The van der Waals surface area contributed by atoms with Crippen molar-refractivity contribution in [3.05, 3.63) is 42.2 Å². The number of nitrogens with one attached hydrogen (secondary N) is 1. The van der Waals surface area contributed by atoms with Crippen LogP contribution in [-0.4, -0.2) is 65.6 Å². The second kappa shape index (κ2) is 8.93. The average Bonchev–Trinajstić information content (AvgIpc) is 3.16. The molecule has 1 saturated heterocycles. The van der Waals surface area contributed by atoms with Gasteiger partial charge < -0.3 is 19.3 Å². The average molecular weight is 409 g/mol. The molecule has 1 aliphatic heterocycles. The van der Waals surface area contributed by atoms with Gasteiger partial charge in [-0.05, 0) is 36.2 Å². The van der Waals surface area contributed by atoms with E-state index in [-0.39, 0.29) is 0 Å². The Labute approximate surface area is 176 Å². The lowest BCUT2D eigenvalue weighted by Crippen LogP contribution is -2.38. The monoisotopic (exact) mass is 408 g/mol. The highest BCUT2D eigenvalue weighted by molar-refractivity contribution is 5.78. The number of hydrogen-bond acceptors (Lipinski definition) is 6. The second-order valence-corrected chi connectivity index (χ2v) is 8.38. The smallest absolute Gasteiger partial charge is 0.156 e. The van der Waals surface area contributed by atoms with E-state index in [9.17, 15) is 4.79 Å². The van der Waals surface area contributed by atoms with Gasteiger partial charge >= 0.3 is 0 Å². The zero-order chi connectivity index (χ0) is 21.0. The number of hydrogen-bond donors (Lipinski definition) is 1. The summed E-state index contributed by atoms with van der Waals surface area (Å²) in [6.45, 7) is 8.95. The summed E-state index contributed by atoms with van der Waals surface area (Å²) >= 11 is 0. The highest BCUT2D eigenvalue weighted by Crippen LogP contribution is 2.26. The number of nitrogens with zero attached hydrogens (tertiary/aromatic N) is 3. The molecular formula is C23H28N4O3. The molecule has 0 bridgehead atoms. The minimum absolute atomic E-state index is 0.437. The maximum atomic E-state index is 11.3. The Morgan fingerprint density at radius 3 is 2.73 bits per heavy atom. The van der Waals surface area contributed by atoms with Gasteiger partial charge in [-0.1, -0.05) is 13.8 Å². The maximum Gasteiger partial charge on any atom is 0.156 e. The first-order valence-electron chi connectivity index (χ1n) is 10.4. The van der Waals surface area contributed by atoms with Crippen molar-refractivity contribution in [3.8, 4) is 17.0 Å². The van der Waals surface area contributed by atoms with Crippen molar-refractivity contribution < 1.29 is 14.3 Å². The third-order valence-electron chi connectivity index (χ3n) is 5.35. The van der Waals surface area contributed by atoms with Crippen LogP contribution in [0.1, 0.15) is 19.4 Å². The van der Waals surface area contributed by atoms with Crippen molar-refractivity contribution in [3.63, 3.8) is 0 Å². The molecule has 0 atom stereocenters. The molecule has 1 aliphatic rings. The predicted octanol–water partition coefficient (Wildman–Crippen LogP) is 3.10. The first-order chi connectivity index (χ1) is 14.5. The Morgan fingerprint density at radius 2 is 2.00 bits per heavy atom. The number of morpholine rings is 1. The Morgan fingerprint density at radius 1 is 1.23 bits per heavy atom. The fourth-order valence-electron chi connectivity index (χ4n) is 3.59. The van der Waals surface area contributed by atoms with Gasteiger partial charge in [0, 0.05) is 36.8 Å². The second-order valence-electron chi connectivity index (χ2n) is 8.38. The van der Waals surface area contributed by atoms with Gasteiger partial charge in [0.05, 0.1) is 25.1 Å². The fourth-order valence-corrected chi connectivity index (χ4v) is 3.59. The summed E-state index contributed by atoms with van der Waals surface area (Å²) in [4.78, 5) is 26.1. The molecule has 0 amide bonds. The van der Waals surface area contributed by atoms with E-state index in [2.05, 4.69) is 14.9 Å². The van der Waals surface area contributed by atoms with Crippen molar-refractivity contribution >= 4 is 17.5 Å². The summed E-state index contributed by atoms with van der Waals surface area (Å²) in [7, 11) is 0. The number of aromatic nitrogens is 3. The van der Waals surface area contributed by atoms with Gasteiger partial charge in [-0.15, -0.1) is 0 Å². The lowest BCUT2D eigenvalue weighted by molar-refractivity contribution is -0.114. The Bertz CT molecular complexity index is 991. The predicted molar refractivity (Wildman–Crippen MR) is 116 cm³/mol. The number of H-pyrrole nitrogens is 1. The van der Waals surface area contributed by atoms with E-state index in [0.717, 1.165) is 72.9 Å². The van der Waals surface area contributed by atoms with Crippen LogP contribution in [0.25, 0.3) is 22.4 Å². The van der Waals surface area contributed by atoms with Crippen LogP contribution in [0.15, 0.2) is 36.7 Å². The number of rotatable bonds is 8. The Hall–Kier alpha value is -2.77. The topological polar surface area (TPSA) is 80.3 Å². The molecule has 3 aromatic rings. The van der Waals surface area contributed by atoms with Crippen molar-refractivity contribution in [2.75, 3.05) is 39.5 Å². The number of fused-ring (bicyclic) bond motifs is 1. The Kier molecular flexibility index (Phi) is 6.11. The summed E-state index contributed by atoms with van der Waals surface area (Å²) in [5.74, 6) is 0.844. The van der Waals surface area contributed by atoms with Crippen LogP contribution >= 0.6 is 0 Å². The van der Waals surface area contributed by atoms with E-state index in [4.69, 9.17) is 14.5 Å². The van der Waals surface area contributed by atoms with Crippen LogP contribution in [0, 0.1) is 5.41 Å². The number of ether oxygens (including phenoxy) is 2. The van der Waals surface area contributed by atoms with Crippen molar-refractivity contribution in [2.45, 2.75) is 20.3 Å². The van der Waals surface area contributed by atoms with E-state index in [1.807, 2.05) is 44.3 Å². The zero-order valence-corrected chi connectivity index (χ0v) is 17.6. The fraction of sp³-hybridized carbons (Fsp3) is 0.435. The molecule has 3 heterocycles. The molecule has 0 aliphatic carbocycles. The SMILES string of the molecule is CC(C)(C=O)Cc1c[nH]c2ncc(-c3ccc(OCCN4CCOCC4)cc3)nc12. The minimum atomic E-state index is -0.437. The van der Waals surface area contributed by atoms with Gasteiger partial charge in [0.15, 0.2) is 5.65 Å². The third-order valence-corrected chi connectivity index (χ3v) is 5.35. The summed E-state index contributed by atoms with van der Waals surface area (Å²) in [5.41, 5.74) is 3.89. The van der Waals surface area contributed by atoms with E-state index in [1.54, 1.807) is 6.20 Å². The number of aldehydes is 1. The van der Waals surface area contributed by atoms with E-state index in [1.165, 1.54) is 0 Å². The molecule has 4 rings (SSSR count). The molecule has 0 spiro atoms. The third kappa shape index (κ3) is 4.86. The number of carbonyl (C=O) groups is 1. The molecule has 1 fully saturated rings. The number of aromatic amines is 1. The summed E-state index contributed by atoms with van der Waals surface area (Å²) in [6.07, 6.45) is 5.26. The lowest BCUT2D eigenvalue weighted by atomic mass is 9.88. The molecule has 158 valence electrons. The number of benzene rings is 1. The van der Waals surface area contributed by atoms with Gasteiger partial charge in [0.25, 0.3) is 0 Å². The molecule has 30 heavy (non-hydrogen) atoms. The molecule has 0 unspecified atom stereocenters. The highest BCUT2D eigenvalue weighted by Gasteiger charge is 2.20. The van der Waals surface area contributed by atoms with E-state index < -0.39 is 5.41 Å². The standard InChI is InChI=1S/C23H28N4O3/c1-23(2,16-28)13-18-14-24-22-21(18)26-20(15-25-22)17-3-5-19(6-4-17)30-12-9-27-7-10-29-11-8-27/h3-6,14-16H,7-13H2,1-2H3,(H,24,25). The normalized spacial score (nSPS) is 15.4. The van der Waals surface area contributed by atoms with Gasteiger partial charge in [-0.25, -0.2) is 9.97 Å². The molecule has 1 N–H and O–H groups in total. The van der Waals surface area contributed by atoms with Gasteiger partial charge in [0.1, 0.15) is 24.2 Å². The van der Waals surface area contributed by atoms with Crippen molar-refractivity contribution in [1.82, 2.24) is 19.9 Å². The van der Waals surface area contributed by atoms with Crippen molar-refractivity contribution in [1.29, 1.82) is 0 Å². The van der Waals surface area contributed by atoms with E-state index in [0.29, 0.717) is 13.0 Å². The molecule has 0 radical (unpaired) electrons. The summed E-state index contributed by atoms with van der Waals surface area (Å²) in [6, 6.07) is 7.94. The highest BCUT2D eigenvalue weighted by atomic mass is 16.5. The zero-order valence-electron chi connectivity index (χ0n) is 17.6. The number of carbonyl (C=O) groups excluding carboxylic acids is 1. The van der Waals surface area contributed by atoms with Crippen LogP contribution in [0.5, 0.6) is 5.75 Å². The summed E-state index contributed by atoms with van der Waals surface area (Å²) < 4.78 is 11.3. The molecule has 7 heteroatoms. The largest absolute Gasteiger partial charge is 0.492 e. The summed E-state index contributed by atoms with van der Waals surface area (Å²) in [5, 5.41) is 0. The molecular weight excluding hydrogens is 380 g/mol. The molecule has 2 aromatic heterocycles. The minimum Gasteiger partial charge on any atom is -0.492 e. The van der Waals surface area contributed by atoms with Crippen LogP contribution in [0.4, 0.5) is 0 Å². The van der Waals surface area contributed by atoms with Crippen molar-refractivity contribution in [2.24, 2.45) is 5.41 Å². The first-order valence-corrected chi connectivity index (χ1v) is 10.4. The van der Waals surface area contributed by atoms with Crippen LogP contribution < -0.4 is 4.74 Å². The molecule has 0 saturated carbocycles. The van der Waals surface area contributed by atoms with Crippen LogP contribution in [0.2, 0.25) is 0 Å². The molecule has 1 aromatic carbocycles. The van der Waals surface area contributed by atoms with E-state index >= 15 is 0 Å². The van der Waals surface area contributed by atoms with Gasteiger partial charge in [-0.2, -0.15) is 0 Å². The van der Waals surface area contributed by atoms with Gasteiger partial charge in [0.2, 0.25) is 0 Å². The maximum absolute atomic E-state index is 11.3. The van der Waals surface area contributed by atoms with Gasteiger partial charge in [-0.3, -0.25) is 4.90 Å².